The molecule has 2 aliphatic rings. The summed E-state index contributed by atoms with van der Waals surface area (Å²) in [4.78, 5) is 18.4. The van der Waals surface area contributed by atoms with Gasteiger partial charge in [-0.25, -0.2) is 8.78 Å². The van der Waals surface area contributed by atoms with E-state index in [1.54, 1.807) is 13.8 Å². The number of halogens is 2. The van der Waals surface area contributed by atoms with Crippen LogP contribution in [0.5, 0.6) is 0 Å². The monoisotopic (exact) mass is 390 g/mol. The maximum atomic E-state index is 14.4. The summed E-state index contributed by atoms with van der Waals surface area (Å²) in [6, 6.07) is -0.464. The predicted octanol–water partition coefficient (Wildman–Crippen LogP) is 2.52. The molecule has 0 spiro atoms. The van der Waals surface area contributed by atoms with Gasteiger partial charge >= 0.3 is 0 Å². The Morgan fingerprint density at radius 1 is 1.00 bits per heavy atom. The molecule has 2 saturated heterocycles. The van der Waals surface area contributed by atoms with Crippen molar-refractivity contribution in [3.8, 4) is 0 Å². The Morgan fingerprint density at radius 2 is 1.56 bits per heavy atom. The van der Waals surface area contributed by atoms with Crippen LogP contribution in [0.3, 0.4) is 0 Å². The SMILES string of the molecule is CC.CC(C)C(=O)NC1CCN(CCN2CCN(C(C)C)CC2)CC1(F)F. The normalized spacial score (nSPS) is 24.6. The lowest BCUT2D eigenvalue weighted by Crippen LogP contribution is -2.59. The summed E-state index contributed by atoms with van der Waals surface area (Å²) in [7, 11) is 0. The molecule has 1 atom stereocenters. The van der Waals surface area contributed by atoms with Gasteiger partial charge in [-0.2, -0.15) is 0 Å². The van der Waals surface area contributed by atoms with Crippen molar-refractivity contribution in [3.05, 3.63) is 0 Å². The standard InChI is InChI=1S/C18H34F2N4O.C2H6/c1-14(2)17(25)21-16-5-6-23(13-18(16,19)20)8-7-22-9-11-24(12-10-22)15(3)4;1-2/h14-16H,5-13H2,1-4H3,(H,21,25);1-2H3. The molecule has 27 heavy (non-hydrogen) atoms. The molecule has 0 aromatic rings. The van der Waals surface area contributed by atoms with Crippen LogP contribution in [-0.4, -0.2) is 91.0 Å². The lowest BCUT2D eigenvalue weighted by Gasteiger charge is -2.41. The first kappa shape index (κ1) is 24.2. The van der Waals surface area contributed by atoms with Gasteiger partial charge in [0, 0.05) is 57.8 Å². The number of carbonyl (C=O) groups is 1. The fraction of sp³-hybridized carbons (Fsp3) is 0.950. The van der Waals surface area contributed by atoms with Crippen molar-refractivity contribution in [1.82, 2.24) is 20.0 Å². The van der Waals surface area contributed by atoms with Crippen LogP contribution in [0.25, 0.3) is 0 Å². The minimum absolute atomic E-state index is 0.262. The number of amides is 1. The van der Waals surface area contributed by atoms with Crippen molar-refractivity contribution in [3.63, 3.8) is 0 Å². The molecule has 0 bridgehead atoms. The van der Waals surface area contributed by atoms with Crippen molar-refractivity contribution in [2.45, 2.75) is 66.0 Å². The Bertz CT molecular complexity index is 438. The first-order valence-corrected chi connectivity index (χ1v) is 10.6. The molecule has 1 unspecified atom stereocenters. The summed E-state index contributed by atoms with van der Waals surface area (Å²) in [5.74, 6) is -3.42. The summed E-state index contributed by atoms with van der Waals surface area (Å²) in [6.07, 6.45) is 0.312. The van der Waals surface area contributed by atoms with E-state index >= 15 is 0 Å². The third kappa shape index (κ3) is 7.62. The van der Waals surface area contributed by atoms with Crippen LogP contribution in [0.15, 0.2) is 0 Å². The highest BCUT2D eigenvalue weighted by molar-refractivity contribution is 5.78. The molecule has 2 heterocycles. The highest BCUT2D eigenvalue weighted by Gasteiger charge is 2.45. The number of alkyl halides is 2. The smallest absolute Gasteiger partial charge is 0.280 e. The van der Waals surface area contributed by atoms with Crippen molar-refractivity contribution in [1.29, 1.82) is 0 Å². The van der Waals surface area contributed by atoms with Crippen LogP contribution in [0.1, 0.15) is 48.0 Å². The van der Waals surface area contributed by atoms with Gasteiger partial charge < -0.3 is 5.32 Å². The van der Waals surface area contributed by atoms with E-state index in [0.717, 1.165) is 32.7 Å². The summed E-state index contributed by atoms with van der Waals surface area (Å²) in [6.45, 7) is 17.8. The average molecular weight is 391 g/mol. The Labute approximate surface area is 164 Å². The van der Waals surface area contributed by atoms with Crippen LogP contribution < -0.4 is 5.32 Å². The molecule has 1 N–H and O–H groups in total. The minimum Gasteiger partial charge on any atom is -0.347 e. The first-order valence-electron chi connectivity index (χ1n) is 10.6. The molecule has 5 nitrogen and oxygen atoms in total. The molecule has 2 aliphatic heterocycles. The Hall–Kier alpha value is -0.790. The number of carbonyl (C=O) groups excluding carboxylic acids is 1. The van der Waals surface area contributed by atoms with Crippen LogP contribution >= 0.6 is 0 Å². The third-order valence-electron chi connectivity index (χ3n) is 5.39. The topological polar surface area (TPSA) is 38.8 Å². The Morgan fingerprint density at radius 3 is 2.04 bits per heavy atom. The van der Waals surface area contributed by atoms with Crippen LogP contribution in [0, 0.1) is 5.92 Å². The Balaban J connectivity index is 0.00000176. The lowest BCUT2D eigenvalue weighted by atomic mass is 9.99. The molecule has 0 radical (unpaired) electrons. The number of hydrogen-bond donors (Lipinski definition) is 1. The van der Waals surface area contributed by atoms with E-state index in [-0.39, 0.29) is 18.4 Å². The van der Waals surface area contributed by atoms with E-state index in [2.05, 4.69) is 29.0 Å². The average Bonchev–Trinajstić information content (AvgIpc) is 2.63. The molecule has 0 aromatic heterocycles. The number of nitrogens with zero attached hydrogens (tertiary/aromatic N) is 3. The number of piperidine rings is 1. The highest BCUT2D eigenvalue weighted by atomic mass is 19.3. The van der Waals surface area contributed by atoms with Crippen LogP contribution in [-0.2, 0) is 4.79 Å². The van der Waals surface area contributed by atoms with Crippen LogP contribution in [0.2, 0.25) is 0 Å². The molecule has 1 amide bonds. The van der Waals surface area contributed by atoms with Gasteiger partial charge in [0.2, 0.25) is 5.91 Å². The van der Waals surface area contributed by atoms with Crippen molar-refractivity contribution < 1.29 is 13.6 Å². The predicted molar refractivity (Wildman–Crippen MR) is 107 cm³/mol. The van der Waals surface area contributed by atoms with E-state index in [9.17, 15) is 13.6 Å². The number of hydrogen-bond acceptors (Lipinski definition) is 4. The van der Waals surface area contributed by atoms with Gasteiger partial charge in [-0.3, -0.25) is 19.5 Å². The molecule has 0 aliphatic carbocycles. The molecule has 160 valence electrons. The summed E-state index contributed by atoms with van der Waals surface area (Å²) < 4.78 is 28.7. The first-order chi connectivity index (χ1) is 12.7. The lowest BCUT2D eigenvalue weighted by molar-refractivity contribution is -0.133. The minimum atomic E-state index is -2.86. The Kier molecular flexibility index (Phi) is 10.1. The van der Waals surface area contributed by atoms with Crippen molar-refractivity contribution >= 4 is 5.91 Å². The molecular weight excluding hydrogens is 350 g/mol. The summed E-state index contributed by atoms with van der Waals surface area (Å²) in [5, 5.41) is 2.52. The van der Waals surface area contributed by atoms with Crippen molar-refractivity contribution in [2.24, 2.45) is 5.92 Å². The van der Waals surface area contributed by atoms with Gasteiger partial charge in [-0.1, -0.05) is 27.7 Å². The van der Waals surface area contributed by atoms with Gasteiger partial charge in [-0.05, 0) is 20.3 Å². The maximum Gasteiger partial charge on any atom is 0.280 e. The van der Waals surface area contributed by atoms with Gasteiger partial charge in [-0.15, -0.1) is 0 Å². The van der Waals surface area contributed by atoms with E-state index in [0.29, 0.717) is 25.6 Å². The van der Waals surface area contributed by atoms with E-state index in [4.69, 9.17) is 0 Å². The second-order valence-electron chi connectivity index (χ2n) is 8.01. The van der Waals surface area contributed by atoms with E-state index in [1.807, 2.05) is 18.7 Å². The van der Waals surface area contributed by atoms with E-state index in [1.165, 1.54) is 0 Å². The zero-order chi connectivity index (χ0) is 20.6. The van der Waals surface area contributed by atoms with Gasteiger partial charge in [0.15, 0.2) is 0 Å². The van der Waals surface area contributed by atoms with Gasteiger partial charge in [0.1, 0.15) is 0 Å². The second kappa shape index (κ2) is 11.3. The summed E-state index contributed by atoms with van der Waals surface area (Å²) >= 11 is 0. The van der Waals surface area contributed by atoms with Gasteiger partial charge in [0.25, 0.3) is 5.92 Å². The largest absolute Gasteiger partial charge is 0.347 e. The molecule has 0 aromatic carbocycles. The highest BCUT2D eigenvalue weighted by Crippen LogP contribution is 2.27. The van der Waals surface area contributed by atoms with Gasteiger partial charge in [0.05, 0.1) is 12.6 Å². The van der Waals surface area contributed by atoms with Crippen LogP contribution in [0.4, 0.5) is 8.78 Å². The molecule has 0 saturated carbocycles. The quantitative estimate of drug-likeness (QED) is 0.756. The number of nitrogens with one attached hydrogen (secondary N) is 1. The van der Waals surface area contributed by atoms with Crippen molar-refractivity contribution in [2.75, 3.05) is 52.4 Å². The third-order valence-corrected chi connectivity index (χ3v) is 5.39. The second-order valence-corrected chi connectivity index (χ2v) is 8.01. The zero-order valence-electron chi connectivity index (χ0n) is 18.1. The number of piperazine rings is 1. The number of rotatable bonds is 6. The molecule has 2 rings (SSSR count). The molecular formula is C20H40F2N4O. The fourth-order valence-electron chi connectivity index (χ4n) is 3.50. The summed E-state index contributed by atoms with van der Waals surface area (Å²) in [5.41, 5.74) is 0. The maximum absolute atomic E-state index is 14.4. The molecule has 2 fully saturated rings. The molecule has 7 heteroatoms. The zero-order valence-corrected chi connectivity index (χ0v) is 18.1. The number of likely N-dealkylation sites (tertiary alicyclic amines) is 1. The fourth-order valence-corrected chi connectivity index (χ4v) is 3.50. The van der Waals surface area contributed by atoms with E-state index < -0.39 is 12.0 Å².